The number of pyridine rings is 2. The number of nitrogens with zero attached hydrogens (tertiary/aromatic N) is 7. The summed E-state index contributed by atoms with van der Waals surface area (Å²) in [5.74, 6) is 2.73. The third-order valence-electron chi connectivity index (χ3n) is 11.0. The van der Waals surface area contributed by atoms with Gasteiger partial charge in [0.1, 0.15) is 29.0 Å². The van der Waals surface area contributed by atoms with Crippen LogP contribution in [0, 0.1) is 21.1 Å². The van der Waals surface area contributed by atoms with E-state index in [4.69, 9.17) is 53.1 Å². The summed E-state index contributed by atoms with van der Waals surface area (Å²) in [6.07, 6.45) is 10.00. The SMILES string of the molecule is Fc1ccc(Nc2nc(-c3cccnc3)nc3ccc(I)cc23)cc1Cl.Fc1ccc(Nc2nc(-c3cccnc3)nc3ccc(OCCC4CCOCC4)cc23)cc1Cl.NCN1CCOCC1. The zero-order valence-electron chi connectivity index (χ0n) is 36.7. The predicted molar refractivity (Wildman–Crippen MR) is 273 cm³/mol. The van der Waals surface area contributed by atoms with Crippen LogP contribution in [-0.2, 0) is 9.47 Å². The Kier molecular flexibility index (Phi) is 17.2. The van der Waals surface area contributed by atoms with Crippen LogP contribution < -0.4 is 21.1 Å². The fourth-order valence-electron chi connectivity index (χ4n) is 7.32. The van der Waals surface area contributed by atoms with Gasteiger partial charge in [-0.1, -0.05) is 23.2 Å². The summed E-state index contributed by atoms with van der Waals surface area (Å²) >= 11 is 14.1. The number of benzene rings is 4. The minimum Gasteiger partial charge on any atom is -0.494 e. The highest BCUT2D eigenvalue weighted by Gasteiger charge is 2.16. The van der Waals surface area contributed by atoms with Gasteiger partial charge < -0.3 is 30.6 Å². The molecule has 2 fully saturated rings. The fraction of sp³-hybridized carbons (Fsp3) is 0.240. The van der Waals surface area contributed by atoms with E-state index in [1.807, 2.05) is 60.7 Å². The van der Waals surface area contributed by atoms with Crippen molar-refractivity contribution in [3.63, 3.8) is 0 Å². The molecule has 10 rings (SSSR count). The molecule has 68 heavy (non-hydrogen) atoms. The van der Waals surface area contributed by atoms with Crippen LogP contribution in [0.2, 0.25) is 10.0 Å². The van der Waals surface area contributed by atoms with Gasteiger partial charge in [0.15, 0.2) is 11.6 Å². The molecule has 0 radical (unpaired) electrons. The summed E-state index contributed by atoms with van der Waals surface area (Å²) < 4.78 is 44.8. The van der Waals surface area contributed by atoms with Crippen LogP contribution in [0.15, 0.2) is 122 Å². The molecule has 0 bridgehead atoms. The molecule has 13 nitrogen and oxygen atoms in total. The predicted octanol–water partition coefficient (Wildman–Crippen LogP) is 11.5. The van der Waals surface area contributed by atoms with Gasteiger partial charge in [0.2, 0.25) is 0 Å². The van der Waals surface area contributed by atoms with Crippen LogP contribution in [0.4, 0.5) is 31.8 Å². The van der Waals surface area contributed by atoms with E-state index in [2.05, 4.69) is 58.1 Å². The molecule has 2 aliphatic rings. The second kappa shape index (κ2) is 24.0. The van der Waals surface area contributed by atoms with E-state index in [-0.39, 0.29) is 10.0 Å². The summed E-state index contributed by atoms with van der Waals surface area (Å²) in [5, 5.41) is 8.24. The first kappa shape index (κ1) is 48.7. The molecule has 8 aromatic rings. The van der Waals surface area contributed by atoms with E-state index >= 15 is 0 Å². The molecule has 18 heteroatoms. The quantitative estimate of drug-likeness (QED) is 0.105. The number of aromatic nitrogens is 6. The fourth-order valence-corrected chi connectivity index (χ4v) is 8.17. The first-order valence-corrected chi connectivity index (χ1v) is 23.8. The number of ether oxygens (including phenoxy) is 3. The largest absolute Gasteiger partial charge is 0.494 e. The smallest absolute Gasteiger partial charge is 0.163 e. The Morgan fingerprint density at radius 2 is 1.22 bits per heavy atom. The van der Waals surface area contributed by atoms with Gasteiger partial charge in [0.05, 0.1) is 40.9 Å². The summed E-state index contributed by atoms with van der Waals surface area (Å²) in [5.41, 5.74) is 9.80. The van der Waals surface area contributed by atoms with Gasteiger partial charge in [-0.15, -0.1) is 0 Å². The maximum atomic E-state index is 13.7. The molecule has 0 amide bonds. The third-order valence-corrected chi connectivity index (χ3v) is 12.3. The van der Waals surface area contributed by atoms with Gasteiger partial charge in [-0.05, 0) is 145 Å². The topological polar surface area (TPSA) is 158 Å². The van der Waals surface area contributed by atoms with Gasteiger partial charge in [-0.2, -0.15) is 0 Å². The number of anilines is 4. The molecule has 0 aliphatic carbocycles. The third kappa shape index (κ3) is 13.3. The van der Waals surface area contributed by atoms with E-state index in [0.29, 0.717) is 53.9 Å². The van der Waals surface area contributed by atoms with Gasteiger partial charge >= 0.3 is 0 Å². The molecule has 2 saturated heterocycles. The highest BCUT2D eigenvalue weighted by molar-refractivity contribution is 14.1. The lowest BCUT2D eigenvalue weighted by atomic mass is 9.97. The van der Waals surface area contributed by atoms with Crippen LogP contribution in [0.5, 0.6) is 5.75 Å². The number of hydrogen-bond donors (Lipinski definition) is 3. The molecule has 0 saturated carbocycles. The zero-order chi connectivity index (χ0) is 47.2. The minimum atomic E-state index is -0.476. The van der Waals surface area contributed by atoms with Crippen molar-refractivity contribution in [3.05, 3.63) is 147 Å². The Morgan fingerprint density at radius 1 is 0.676 bits per heavy atom. The van der Waals surface area contributed by atoms with Crippen molar-refractivity contribution < 1.29 is 23.0 Å². The Labute approximate surface area is 416 Å². The van der Waals surface area contributed by atoms with Gasteiger partial charge in [0, 0.05) is 94.6 Å². The molecule has 350 valence electrons. The van der Waals surface area contributed by atoms with Crippen molar-refractivity contribution in [1.29, 1.82) is 0 Å². The number of fused-ring (bicyclic) bond motifs is 2. The molecular formula is C50H47Cl2F2IN10O3. The van der Waals surface area contributed by atoms with Crippen LogP contribution >= 0.6 is 45.8 Å². The lowest BCUT2D eigenvalue weighted by Crippen LogP contribution is -2.39. The molecule has 4 aromatic heterocycles. The van der Waals surface area contributed by atoms with Crippen LogP contribution in [0.3, 0.4) is 0 Å². The first-order valence-electron chi connectivity index (χ1n) is 21.9. The second-order valence-electron chi connectivity index (χ2n) is 15.7. The molecule has 0 unspecified atom stereocenters. The molecule has 4 N–H and O–H groups in total. The van der Waals surface area contributed by atoms with E-state index < -0.39 is 11.6 Å². The first-order chi connectivity index (χ1) is 33.2. The highest BCUT2D eigenvalue weighted by atomic mass is 127. The van der Waals surface area contributed by atoms with E-state index in [1.54, 1.807) is 36.9 Å². The maximum absolute atomic E-state index is 13.7. The van der Waals surface area contributed by atoms with E-state index in [9.17, 15) is 8.78 Å². The van der Waals surface area contributed by atoms with Gasteiger partial charge in [0.25, 0.3) is 0 Å². The lowest BCUT2D eigenvalue weighted by molar-refractivity contribution is 0.0391. The Hall–Kier alpha value is -5.73. The Balaban J connectivity index is 0.000000162. The van der Waals surface area contributed by atoms with Crippen molar-refractivity contribution in [2.45, 2.75) is 19.3 Å². The zero-order valence-corrected chi connectivity index (χ0v) is 40.4. The average molecular weight is 1070 g/mol. The van der Waals surface area contributed by atoms with Crippen molar-refractivity contribution in [2.75, 3.05) is 63.4 Å². The van der Waals surface area contributed by atoms with Gasteiger partial charge in [-0.3, -0.25) is 14.9 Å². The standard InChI is InChI=1S/C26H24ClFN4O2.C19H11ClFIN4.C5H12N2O/c27-22-14-19(3-5-23(22)28)30-26-21-15-20(34-13-9-17-7-11-33-12-8-17)4-6-24(21)31-25(32-26)18-2-1-10-29-16-18;20-15-9-13(4-5-16(15)21)24-19-14-8-12(22)3-6-17(14)25-18(26-19)11-2-1-7-23-10-11;6-5-7-1-3-8-4-2-7/h1-6,10,14-17H,7-9,11-13H2,(H,30,31,32);1-10H,(H,24,25,26);1-6H2. The second-order valence-corrected chi connectivity index (χ2v) is 17.8. The Bertz CT molecular complexity index is 2940. The monoisotopic (exact) mass is 1070 g/mol. The number of rotatable bonds is 11. The van der Waals surface area contributed by atoms with Crippen LogP contribution in [-0.4, -0.2) is 87.6 Å². The highest BCUT2D eigenvalue weighted by Crippen LogP contribution is 2.33. The minimum absolute atomic E-state index is 0.0352. The summed E-state index contributed by atoms with van der Waals surface area (Å²) in [6.45, 7) is 6.66. The van der Waals surface area contributed by atoms with Crippen LogP contribution in [0.25, 0.3) is 44.6 Å². The molecule has 0 atom stereocenters. The molecule has 6 heterocycles. The maximum Gasteiger partial charge on any atom is 0.163 e. The normalized spacial score (nSPS) is 14.1. The number of morpholine rings is 1. The molecule has 2 aliphatic heterocycles. The molecular weight excluding hydrogens is 1020 g/mol. The van der Waals surface area contributed by atoms with Crippen molar-refractivity contribution in [1.82, 2.24) is 34.8 Å². The lowest BCUT2D eigenvalue weighted by Gasteiger charge is -2.24. The molecule has 4 aromatic carbocycles. The van der Waals surface area contributed by atoms with Crippen LogP contribution in [0.1, 0.15) is 19.3 Å². The summed E-state index contributed by atoms with van der Waals surface area (Å²) in [7, 11) is 0. The van der Waals surface area contributed by atoms with Gasteiger partial charge in [-0.25, -0.2) is 28.7 Å². The molecule has 0 spiro atoms. The summed E-state index contributed by atoms with van der Waals surface area (Å²) in [4.78, 5) is 29.2. The number of nitrogens with two attached hydrogens (primary N) is 1. The van der Waals surface area contributed by atoms with E-state index in [1.165, 1.54) is 24.3 Å². The van der Waals surface area contributed by atoms with Crippen molar-refractivity contribution in [2.24, 2.45) is 11.7 Å². The summed E-state index contributed by atoms with van der Waals surface area (Å²) in [6, 6.07) is 28.1. The van der Waals surface area contributed by atoms with Crippen molar-refractivity contribution >= 4 is 90.6 Å². The Morgan fingerprint density at radius 3 is 1.74 bits per heavy atom. The number of halogens is 5. The van der Waals surface area contributed by atoms with E-state index in [0.717, 1.165) is 101 Å². The number of nitrogens with one attached hydrogen (secondary N) is 2. The van der Waals surface area contributed by atoms with Crippen molar-refractivity contribution in [3.8, 4) is 28.5 Å². The average Bonchev–Trinajstić information content (AvgIpc) is 3.38. The number of hydrogen-bond acceptors (Lipinski definition) is 13.